The fraction of sp³-hybridized carbons (Fsp3) is 0.286. The first-order chi connectivity index (χ1) is 9.08. The van der Waals surface area contributed by atoms with Crippen LogP contribution in [0, 0.1) is 0 Å². The van der Waals surface area contributed by atoms with Crippen molar-refractivity contribution in [2.75, 3.05) is 7.11 Å². The Morgan fingerprint density at radius 2 is 2.05 bits per heavy atom. The average molecular weight is 282 g/mol. The summed E-state index contributed by atoms with van der Waals surface area (Å²) >= 11 is 5.75. The third kappa shape index (κ3) is 4.75. The van der Waals surface area contributed by atoms with Crippen LogP contribution in [0.25, 0.3) is 0 Å². The molecule has 0 aliphatic rings. The summed E-state index contributed by atoms with van der Waals surface area (Å²) < 4.78 is 4.66. The smallest absolute Gasteiger partial charge is 0.328 e. The van der Waals surface area contributed by atoms with Gasteiger partial charge in [-0.15, -0.1) is 6.58 Å². The van der Waals surface area contributed by atoms with E-state index in [0.717, 1.165) is 0 Å². The quantitative estimate of drug-likeness (QED) is 0.644. The Labute approximate surface area is 117 Å². The van der Waals surface area contributed by atoms with Crippen molar-refractivity contribution in [2.24, 2.45) is 0 Å². The number of benzene rings is 1. The average Bonchev–Trinajstić information content (AvgIpc) is 2.43. The largest absolute Gasteiger partial charge is 0.467 e. The van der Waals surface area contributed by atoms with Crippen molar-refractivity contribution >= 4 is 23.5 Å². The number of esters is 1. The second kappa shape index (κ2) is 7.59. The van der Waals surface area contributed by atoms with Crippen LogP contribution in [0.2, 0.25) is 5.02 Å². The fourth-order valence-electron chi connectivity index (χ4n) is 1.52. The van der Waals surface area contributed by atoms with E-state index < -0.39 is 12.0 Å². The Bertz CT molecular complexity index is 456. The van der Waals surface area contributed by atoms with Gasteiger partial charge in [-0.05, 0) is 37.1 Å². The van der Waals surface area contributed by atoms with Gasteiger partial charge in [-0.3, -0.25) is 4.79 Å². The van der Waals surface area contributed by atoms with Crippen molar-refractivity contribution in [1.29, 1.82) is 0 Å². The first-order valence-electron chi connectivity index (χ1n) is 5.83. The minimum atomic E-state index is -0.675. The number of carbonyl (C=O) groups is 2. The molecule has 0 saturated carbocycles. The monoisotopic (exact) mass is 281 g/mol. The van der Waals surface area contributed by atoms with Gasteiger partial charge < -0.3 is 10.1 Å². The van der Waals surface area contributed by atoms with E-state index in [9.17, 15) is 9.59 Å². The normalized spacial score (nSPS) is 11.5. The molecule has 0 aliphatic carbocycles. The Hall–Kier alpha value is -1.81. The Morgan fingerprint density at radius 3 is 2.58 bits per heavy atom. The third-order valence-corrected chi connectivity index (χ3v) is 2.81. The number of rotatable bonds is 6. The minimum absolute atomic E-state index is 0.337. The number of hydrogen-bond acceptors (Lipinski definition) is 3. The number of nitrogens with one attached hydrogen (secondary N) is 1. The van der Waals surface area contributed by atoms with E-state index in [1.807, 2.05) is 0 Å². The topological polar surface area (TPSA) is 55.4 Å². The van der Waals surface area contributed by atoms with Crippen molar-refractivity contribution in [3.8, 4) is 0 Å². The first kappa shape index (κ1) is 15.2. The molecule has 0 radical (unpaired) electrons. The van der Waals surface area contributed by atoms with Crippen molar-refractivity contribution < 1.29 is 14.3 Å². The lowest BCUT2D eigenvalue weighted by Gasteiger charge is -2.15. The molecule has 1 rings (SSSR count). The van der Waals surface area contributed by atoms with Gasteiger partial charge in [0.2, 0.25) is 0 Å². The third-order valence-electron chi connectivity index (χ3n) is 2.56. The van der Waals surface area contributed by atoms with Crippen LogP contribution in [0.4, 0.5) is 0 Å². The van der Waals surface area contributed by atoms with Crippen molar-refractivity contribution in [3.63, 3.8) is 0 Å². The lowest BCUT2D eigenvalue weighted by molar-refractivity contribution is -0.143. The van der Waals surface area contributed by atoms with Crippen LogP contribution in [0.3, 0.4) is 0 Å². The molecule has 1 atom stereocenters. The Kier molecular flexibility index (Phi) is 6.09. The number of hydrogen-bond donors (Lipinski definition) is 1. The zero-order valence-electron chi connectivity index (χ0n) is 10.7. The SMILES string of the molecule is C=CCC[C@@H](NC(=O)c1ccc(Cl)cc1)C(=O)OC. The lowest BCUT2D eigenvalue weighted by atomic mass is 10.1. The predicted octanol–water partition coefficient (Wildman–Crippen LogP) is 2.58. The minimum Gasteiger partial charge on any atom is -0.467 e. The lowest BCUT2D eigenvalue weighted by Crippen LogP contribution is -2.41. The van der Waals surface area contributed by atoms with Crippen LogP contribution in [-0.2, 0) is 9.53 Å². The van der Waals surface area contributed by atoms with Gasteiger partial charge in [-0.2, -0.15) is 0 Å². The van der Waals surface area contributed by atoms with Crippen LogP contribution in [-0.4, -0.2) is 25.0 Å². The van der Waals surface area contributed by atoms with E-state index >= 15 is 0 Å². The van der Waals surface area contributed by atoms with E-state index in [1.165, 1.54) is 7.11 Å². The maximum atomic E-state index is 12.0. The highest BCUT2D eigenvalue weighted by Gasteiger charge is 2.21. The molecular formula is C14H16ClNO3. The van der Waals surface area contributed by atoms with Crippen molar-refractivity contribution in [3.05, 3.63) is 47.5 Å². The van der Waals surface area contributed by atoms with Crippen LogP contribution >= 0.6 is 11.6 Å². The number of methoxy groups -OCH3 is 1. The standard InChI is InChI=1S/C14H16ClNO3/c1-3-4-5-12(14(18)19-2)16-13(17)10-6-8-11(15)9-7-10/h3,6-9,12H,1,4-5H2,2H3,(H,16,17)/t12-/m1/s1. The van der Waals surface area contributed by atoms with Gasteiger partial charge in [0.25, 0.3) is 5.91 Å². The van der Waals surface area contributed by atoms with Gasteiger partial charge in [0.15, 0.2) is 0 Å². The molecular weight excluding hydrogens is 266 g/mol. The van der Waals surface area contributed by atoms with Gasteiger partial charge in [0, 0.05) is 10.6 Å². The highest BCUT2D eigenvalue weighted by atomic mass is 35.5. The van der Waals surface area contributed by atoms with E-state index in [4.69, 9.17) is 11.6 Å². The summed E-state index contributed by atoms with van der Waals surface area (Å²) in [5.41, 5.74) is 0.442. The summed E-state index contributed by atoms with van der Waals surface area (Å²) in [6, 6.07) is 5.76. The van der Waals surface area contributed by atoms with Crippen LogP contribution in [0.1, 0.15) is 23.2 Å². The molecule has 0 unspecified atom stereocenters. The van der Waals surface area contributed by atoms with Gasteiger partial charge in [-0.25, -0.2) is 4.79 Å². The molecule has 4 nitrogen and oxygen atoms in total. The maximum absolute atomic E-state index is 12.0. The van der Waals surface area contributed by atoms with E-state index in [-0.39, 0.29) is 5.91 Å². The van der Waals surface area contributed by atoms with Crippen molar-refractivity contribution in [1.82, 2.24) is 5.32 Å². The number of halogens is 1. The summed E-state index contributed by atoms with van der Waals surface area (Å²) in [4.78, 5) is 23.5. The molecule has 1 amide bonds. The molecule has 0 bridgehead atoms. The predicted molar refractivity (Wildman–Crippen MR) is 74.2 cm³/mol. The van der Waals surface area contributed by atoms with Gasteiger partial charge >= 0.3 is 5.97 Å². The van der Waals surface area contributed by atoms with E-state index in [2.05, 4.69) is 16.6 Å². The van der Waals surface area contributed by atoms with Gasteiger partial charge in [0.1, 0.15) is 6.04 Å². The molecule has 1 aromatic rings. The Balaban J connectivity index is 2.72. The summed E-state index contributed by atoms with van der Waals surface area (Å²) in [6.45, 7) is 3.59. The molecule has 0 aromatic heterocycles. The van der Waals surface area contributed by atoms with Crippen molar-refractivity contribution in [2.45, 2.75) is 18.9 Å². The van der Waals surface area contributed by atoms with E-state index in [0.29, 0.717) is 23.4 Å². The number of allylic oxidation sites excluding steroid dienone is 1. The van der Waals surface area contributed by atoms with Gasteiger partial charge in [-0.1, -0.05) is 17.7 Å². The number of carbonyl (C=O) groups excluding carboxylic acids is 2. The fourth-order valence-corrected chi connectivity index (χ4v) is 1.64. The van der Waals surface area contributed by atoms with Crippen LogP contribution in [0.5, 0.6) is 0 Å². The number of ether oxygens (including phenoxy) is 1. The molecule has 102 valence electrons. The Morgan fingerprint density at radius 1 is 1.42 bits per heavy atom. The molecule has 0 heterocycles. The molecule has 1 aromatic carbocycles. The second-order valence-corrected chi connectivity index (χ2v) is 4.36. The first-order valence-corrected chi connectivity index (χ1v) is 6.21. The second-order valence-electron chi connectivity index (χ2n) is 3.92. The van der Waals surface area contributed by atoms with Crippen LogP contribution < -0.4 is 5.32 Å². The summed E-state index contributed by atoms with van der Waals surface area (Å²) in [6.07, 6.45) is 2.75. The molecule has 5 heteroatoms. The van der Waals surface area contributed by atoms with E-state index in [1.54, 1.807) is 30.3 Å². The molecule has 0 saturated heterocycles. The summed E-state index contributed by atoms with van der Waals surface area (Å²) in [5, 5.41) is 3.18. The van der Waals surface area contributed by atoms with Gasteiger partial charge in [0.05, 0.1) is 7.11 Å². The summed E-state index contributed by atoms with van der Waals surface area (Å²) in [5.74, 6) is -0.805. The molecule has 0 aliphatic heterocycles. The van der Waals surface area contributed by atoms with Crippen LogP contribution in [0.15, 0.2) is 36.9 Å². The maximum Gasteiger partial charge on any atom is 0.328 e. The molecule has 19 heavy (non-hydrogen) atoms. The highest BCUT2D eigenvalue weighted by molar-refractivity contribution is 6.30. The zero-order valence-corrected chi connectivity index (χ0v) is 11.4. The highest BCUT2D eigenvalue weighted by Crippen LogP contribution is 2.10. The molecule has 0 spiro atoms. The molecule has 1 N–H and O–H groups in total. The molecule has 0 fully saturated rings. The summed E-state index contributed by atoms with van der Waals surface area (Å²) in [7, 11) is 1.29. The zero-order chi connectivity index (χ0) is 14.3. The number of amides is 1.